The van der Waals surface area contributed by atoms with Gasteiger partial charge in [-0.05, 0) is 5.25 Å². The lowest BCUT2D eigenvalue weighted by molar-refractivity contribution is 0.0906. The predicted octanol–water partition coefficient (Wildman–Crippen LogP) is 2.14. The number of aromatic nitrogens is 2. The molecule has 0 radical (unpaired) electrons. The second-order valence-corrected chi connectivity index (χ2v) is 5.27. The fourth-order valence-electron chi connectivity index (χ4n) is 1.37. The zero-order chi connectivity index (χ0) is 10.8. The molecule has 0 N–H and O–H groups in total. The SMILES string of the molecule is CC(C)SCC1=Nc2ccnn2C(=O)C1. The number of hydrogen-bond donors (Lipinski definition) is 0. The minimum absolute atomic E-state index is 0.0179. The molecule has 0 saturated heterocycles. The van der Waals surface area contributed by atoms with Crippen molar-refractivity contribution in [2.75, 3.05) is 5.75 Å². The van der Waals surface area contributed by atoms with Crippen LogP contribution in [-0.4, -0.2) is 32.4 Å². The number of thioether (sulfide) groups is 1. The van der Waals surface area contributed by atoms with Gasteiger partial charge in [-0.1, -0.05) is 13.8 Å². The Morgan fingerprint density at radius 3 is 3.13 bits per heavy atom. The highest BCUT2D eigenvalue weighted by atomic mass is 32.2. The van der Waals surface area contributed by atoms with Crippen LogP contribution in [0.4, 0.5) is 5.82 Å². The molecule has 1 aliphatic heterocycles. The summed E-state index contributed by atoms with van der Waals surface area (Å²) >= 11 is 1.80. The lowest BCUT2D eigenvalue weighted by atomic mass is 10.2. The molecule has 1 aromatic rings. The number of carbonyl (C=O) groups is 1. The van der Waals surface area contributed by atoms with Gasteiger partial charge in [-0.25, -0.2) is 4.99 Å². The lowest BCUT2D eigenvalue weighted by Crippen LogP contribution is -2.22. The standard InChI is InChI=1S/C10H13N3OS/c1-7(2)15-6-8-5-10(14)13-9(12-8)3-4-11-13/h3-4,7H,5-6H2,1-2H3. The van der Waals surface area contributed by atoms with Gasteiger partial charge in [0.2, 0.25) is 0 Å². The minimum atomic E-state index is 0.0179. The molecule has 0 aromatic carbocycles. The van der Waals surface area contributed by atoms with E-state index in [9.17, 15) is 4.79 Å². The van der Waals surface area contributed by atoms with Crippen LogP contribution in [0, 0.1) is 0 Å². The average Bonchev–Trinajstić information content (AvgIpc) is 2.63. The van der Waals surface area contributed by atoms with Crippen LogP contribution in [0.3, 0.4) is 0 Å². The molecule has 5 heteroatoms. The molecule has 15 heavy (non-hydrogen) atoms. The van der Waals surface area contributed by atoms with Crippen molar-refractivity contribution in [2.24, 2.45) is 4.99 Å². The van der Waals surface area contributed by atoms with Gasteiger partial charge in [0.05, 0.1) is 12.6 Å². The van der Waals surface area contributed by atoms with Crippen molar-refractivity contribution in [1.29, 1.82) is 0 Å². The summed E-state index contributed by atoms with van der Waals surface area (Å²) < 4.78 is 1.36. The summed E-state index contributed by atoms with van der Waals surface area (Å²) in [6.07, 6.45) is 2.00. The Balaban J connectivity index is 2.13. The van der Waals surface area contributed by atoms with E-state index in [-0.39, 0.29) is 5.91 Å². The summed E-state index contributed by atoms with van der Waals surface area (Å²) in [6.45, 7) is 4.28. The van der Waals surface area contributed by atoms with Crippen molar-refractivity contribution in [3.63, 3.8) is 0 Å². The zero-order valence-corrected chi connectivity index (χ0v) is 9.62. The topological polar surface area (TPSA) is 47.2 Å². The van der Waals surface area contributed by atoms with Gasteiger partial charge < -0.3 is 0 Å². The molecule has 1 aliphatic rings. The number of rotatable bonds is 3. The van der Waals surface area contributed by atoms with Crippen molar-refractivity contribution >= 4 is 29.2 Å². The van der Waals surface area contributed by atoms with Crippen molar-refractivity contribution in [3.05, 3.63) is 12.3 Å². The highest BCUT2D eigenvalue weighted by Gasteiger charge is 2.19. The highest BCUT2D eigenvalue weighted by Crippen LogP contribution is 2.20. The maximum atomic E-state index is 11.6. The molecule has 0 spiro atoms. The third kappa shape index (κ3) is 2.28. The first-order chi connectivity index (χ1) is 7.16. The Hall–Kier alpha value is -1.10. The van der Waals surface area contributed by atoms with E-state index in [0.717, 1.165) is 11.5 Å². The first-order valence-corrected chi connectivity index (χ1v) is 5.97. The van der Waals surface area contributed by atoms with Gasteiger partial charge in [-0.3, -0.25) is 4.79 Å². The van der Waals surface area contributed by atoms with Crippen LogP contribution in [0.2, 0.25) is 0 Å². The molecule has 0 saturated carbocycles. The molecule has 4 nitrogen and oxygen atoms in total. The van der Waals surface area contributed by atoms with Crippen molar-refractivity contribution < 1.29 is 4.79 Å². The molecule has 80 valence electrons. The number of carbonyl (C=O) groups excluding carboxylic acids is 1. The van der Waals surface area contributed by atoms with Crippen molar-refractivity contribution in [1.82, 2.24) is 9.78 Å². The molecule has 0 fully saturated rings. The maximum absolute atomic E-state index is 11.6. The molecule has 2 rings (SSSR count). The van der Waals surface area contributed by atoms with Gasteiger partial charge in [0, 0.05) is 17.5 Å². The fraction of sp³-hybridized carbons (Fsp3) is 0.500. The fourth-order valence-corrected chi connectivity index (χ4v) is 2.06. The van der Waals surface area contributed by atoms with Crippen molar-refractivity contribution in [2.45, 2.75) is 25.5 Å². The summed E-state index contributed by atoms with van der Waals surface area (Å²) in [7, 11) is 0. The third-order valence-electron chi connectivity index (χ3n) is 2.07. The van der Waals surface area contributed by atoms with E-state index in [1.54, 1.807) is 24.0 Å². The quantitative estimate of drug-likeness (QED) is 0.788. The summed E-state index contributed by atoms with van der Waals surface area (Å²) in [5.41, 5.74) is 0.951. The Kier molecular flexibility index (Phi) is 2.90. The Morgan fingerprint density at radius 1 is 1.60 bits per heavy atom. The van der Waals surface area contributed by atoms with Gasteiger partial charge in [-0.2, -0.15) is 21.5 Å². The van der Waals surface area contributed by atoms with E-state index in [1.807, 2.05) is 0 Å². The van der Waals surface area contributed by atoms with E-state index in [0.29, 0.717) is 17.5 Å². The van der Waals surface area contributed by atoms with Crippen LogP contribution < -0.4 is 0 Å². The first-order valence-electron chi connectivity index (χ1n) is 4.92. The first kappa shape index (κ1) is 10.4. The largest absolute Gasteiger partial charge is 0.272 e. The number of hydrogen-bond acceptors (Lipinski definition) is 4. The van der Waals surface area contributed by atoms with Crippen molar-refractivity contribution in [3.8, 4) is 0 Å². The number of fused-ring (bicyclic) bond motifs is 1. The zero-order valence-electron chi connectivity index (χ0n) is 8.80. The van der Waals surface area contributed by atoms with E-state index in [2.05, 4.69) is 23.9 Å². The second kappa shape index (κ2) is 4.18. The molecule has 2 heterocycles. The monoisotopic (exact) mass is 223 g/mol. The van der Waals surface area contributed by atoms with E-state index in [1.165, 1.54) is 4.68 Å². The average molecular weight is 223 g/mol. The Bertz CT molecular complexity index is 409. The third-order valence-corrected chi connectivity index (χ3v) is 3.24. The summed E-state index contributed by atoms with van der Waals surface area (Å²) in [6, 6.07) is 1.76. The Labute approximate surface area is 92.8 Å². The summed E-state index contributed by atoms with van der Waals surface area (Å²) in [5, 5.41) is 4.49. The molecule has 0 unspecified atom stereocenters. The van der Waals surface area contributed by atoms with Gasteiger partial charge in [-0.15, -0.1) is 0 Å². The van der Waals surface area contributed by atoms with E-state index < -0.39 is 0 Å². The van der Waals surface area contributed by atoms with Crippen LogP contribution in [0.15, 0.2) is 17.3 Å². The Morgan fingerprint density at radius 2 is 2.40 bits per heavy atom. The van der Waals surface area contributed by atoms with Gasteiger partial charge >= 0.3 is 0 Å². The predicted molar refractivity (Wildman–Crippen MR) is 62.2 cm³/mol. The van der Waals surface area contributed by atoms with E-state index in [4.69, 9.17) is 0 Å². The van der Waals surface area contributed by atoms with Gasteiger partial charge in [0.15, 0.2) is 5.82 Å². The van der Waals surface area contributed by atoms with Crippen LogP contribution in [0.25, 0.3) is 0 Å². The van der Waals surface area contributed by atoms with Crippen LogP contribution in [0.1, 0.15) is 25.1 Å². The number of aliphatic imine (C=N–C) groups is 1. The summed E-state index contributed by atoms with van der Waals surface area (Å²) in [4.78, 5) is 16.0. The maximum Gasteiger partial charge on any atom is 0.254 e. The molecule has 0 atom stereocenters. The minimum Gasteiger partial charge on any atom is -0.272 e. The van der Waals surface area contributed by atoms with Crippen LogP contribution >= 0.6 is 11.8 Å². The lowest BCUT2D eigenvalue weighted by Gasteiger charge is -2.13. The second-order valence-electron chi connectivity index (χ2n) is 3.71. The molecule has 1 aromatic heterocycles. The molecular weight excluding hydrogens is 210 g/mol. The summed E-state index contributed by atoms with van der Waals surface area (Å²) in [5.74, 6) is 1.50. The normalized spacial score (nSPS) is 15.4. The molecule has 0 aliphatic carbocycles. The number of nitrogens with zero attached hydrogens (tertiary/aromatic N) is 3. The van der Waals surface area contributed by atoms with E-state index >= 15 is 0 Å². The molecular formula is C10H13N3OS. The molecule has 0 amide bonds. The molecule has 0 bridgehead atoms. The van der Waals surface area contributed by atoms with Crippen LogP contribution in [-0.2, 0) is 0 Å². The van der Waals surface area contributed by atoms with Gasteiger partial charge in [0.25, 0.3) is 5.91 Å². The smallest absolute Gasteiger partial charge is 0.254 e. The van der Waals surface area contributed by atoms with Gasteiger partial charge in [0.1, 0.15) is 0 Å². The highest BCUT2D eigenvalue weighted by molar-refractivity contribution is 8.00. The van der Waals surface area contributed by atoms with Crippen LogP contribution in [0.5, 0.6) is 0 Å².